The van der Waals surface area contributed by atoms with E-state index < -0.39 is 0 Å². The molecule has 0 fully saturated rings. The zero-order chi connectivity index (χ0) is 14.3. The van der Waals surface area contributed by atoms with Crippen molar-refractivity contribution in [3.05, 3.63) is 63.6 Å². The van der Waals surface area contributed by atoms with Crippen molar-refractivity contribution in [3.8, 4) is 0 Å². The zero-order valence-corrected chi connectivity index (χ0v) is 10.9. The van der Waals surface area contributed by atoms with E-state index >= 15 is 0 Å². The predicted octanol–water partition coefficient (Wildman–Crippen LogP) is 1.98. The minimum absolute atomic E-state index is 0.1000. The Morgan fingerprint density at radius 3 is 2.40 bits per heavy atom. The minimum atomic E-state index is -0.284. The van der Waals surface area contributed by atoms with Crippen molar-refractivity contribution < 1.29 is 4.79 Å². The van der Waals surface area contributed by atoms with Crippen molar-refractivity contribution in [1.82, 2.24) is 9.97 Å². The van der Waals surface area contributed by atoms with Gasteiger partial charge in [-0.3, -0.25) is 4.79 Å². The number of ketones is 1. The summed E-state index contributed by atoms with van der Waals surface area (Å²) in [5, 5.41) is 0. The summed E-state index contributed by atoms with van der Waals surface area (Å²) in [6.45, 7) is 1.86. The van der Waals surface area contributed by atoms with Crippen LogP contribution in [-0.4, -0.2) is 15.8 Å². The highest BCUT2D eigenvalue weighted by molar-refractivity contribution is 6.10. The molecule has 0 aliphatic heterocycles. The number of imidazole rings is 1. The molecule has 5 nitrogen and oxygen atoms in total. The molecule has 0 radical (unpaired) electrons. The van der Waals surface area contributed by atoms with Gasteiger partial charge in [-0.1, -0.05) is 0 Å². The zero-order valence-electron chi connectivity index (χ0n) is 10.9. The summed E-state index contributed by atoms with van der Waals surface area (Å²) in [5.41, 5.74) is 9.39. The van der Waals surface area contributed by atoms with Gasteiger partial charge in [-0.25, -0.2) is 4.79 Å². The second-order valence-electron chi connectivity index (χ2n) is 4.74. The lowest BCUT2D eigenvalue weighted by molar-refractivity contribution is 0.103. The molecule has 4 N–H and O–H groups in total. The number of carbonyl (C=O) groups excluding carboxylic acids is 1. The molecule has 20 heavy (non-hydrogen) atoms. The third kappa shape index (κ3) is 1.99. The van der Waals surface area contributed by atoms with Crippen LogP contribution in [0, 0.1) is 6.92 Å². The SMILES string of the molecule is Cc1cc(C(=O)c2ccc3[nH]c(=O)[nH]c3c2)ccc1N. The van der Waals surface area contributed by atoms with Crippen LogP contribution in [0.25, 0.3) is 11.0 Å². The van der Waals surface area contributed by atoms with Gasteiger partial charge >= 0.3 is 5.69 Å². The van der Waals surface area contributed by atoms with Gasteiger partial charge in [-0.2, -0.15) is 0 Å². The predicted molar refractivity (Wildman–Crippen MR) is 77.9 cm³/mol. The molecule has 0 atom stereocenters. The third-order valence-electron chi connectivity index (χ3n) is 3.31. The summed E-state index contributed by atoms with van der Waals surface area (Å²) in [5.74, 6) is -0.1000. The number of benzene rings is 2. The average molecular weight is 267 g/mol. The van der Waals surface area contributed by atoms with Crippen molar-refractivity contribution >= 4 is 22.5 Å². The Kier molecular flexibility index (Phi) is 2.68. The topological polar surface area (TPSA) is 91.7 Å². The normalized spacial score (nSPS) is 10.8. The molecule has 0 saturated carbocycles. The second-order valence-corrected chi connectivity index (χ2v) is 4.74. The highest BCUT2D eigenvalue weighted by Crippen LogP contribution is 2.18. The van der Waals surface area contributed by atoms with Crippen molar-refractivity contribution in [2.75, 3.05) is 5.73 Å². The number of fused-ring (bicyclic) bond motifs is 1. The molecule has 1 heterocycles. The first-order valence-corrected chi connectivity index (χ1v) is 6.17. The fourth-order valence-electron chi connectivity index (χ4n) is 2.16. The molecule has 0 aliphatic carbocycles. The smallest absolute Gasteiger partial charge is 0.323 e. The van der Waals surface area contributed by atoms with E-state index in [1.807, 2.05) is 6.92 Å². The molecule has 0 bridgehead atoms. The van der Waals surface area contributed by atoms with Gasteiger partial charge < -0.3 is 15.7 Å². The fraction of sp³-hybridized carbons (Fsp3) is 0.0667. The van der Waals surface area contributed by atoms with Crippen LogP contribution in [0.5, 0.6) is 0 Å². The van der Waals surface area contributed by atoms with Gasteiger partial charge in [0.1, 0.15) is 0 Å². The summed E-state index contributed by atoms with van der Waals surface area (Å²) < 4.78 is 0. The van der Waals surface area contributed by atoms with E-state index in [1.54, 1.807) is 36.4 Å². The van der Waals surface area contributed by atoms with E-state index in [1.165, 1.54) is 0 Å². The standard InChI is InChI=1S/C15H13N3O2/c1-8-6-9(2-4-11(8)16)14(19)10-3-5-12-13(7-10)18-15(20)17-12/h2-7H,16H2,1H3,(H2,17,18,20). The first-order chi connectivity index (χ1) is 9.54. The largest absolute Gasteiger partial charge is 0.399 e. The van der Waals surface area contributed by atoms with Crippen LogP contribution in [0.4, 0.5) is 5.69 Å². The Labute approximate surface area is 114 Å². The van der Waals surface area contributed by atoms with E-state index in [9.17, 15) is 9.59 Å². The maximum atomic E-state index is 12.4. The van der Waals surface area contributed by atoms with E-state index in [0.717, 1.165) is 5.56 Å². The highest BCUT2D eigenvalue weighted by atomic mass is 16.1. The van der Waals surface area contributed by atoms with Gasteiger partial charge in [0.2, 0.25) is 0 Å². The van der Waals surface area contributed by atoms with Gasteiger partial charge in [0, 0.05) is 16.8 Å². The Morgan fingerprint density at radius 1 is 1.00 bits per heavy atom. The van der Waals surface area contributed by atoms with Crippen LogP contribution in [0.2, 0.25) is 0 Å². The van der Waals surface area contributed by atoms with E-state index in [2.05, 4.69) is 9.97 Å². The van der Waals surface area contributed by atoms with Crippen LogP contribution in [-0.2, 0) is 0 Å². The van der Waals surface area contributed by atoms with E-state index in [4.69, 9.17) is 5.73 Å². The van der Waals surface area contributed by atoms with Crippen molar-refractivity contribution in [3.63, 3.8) is 0 Å². The van der Waals surface area contributed by atoms with Gasteiger partial charge in [0.15, 0.2) is 5.78 Å². The van der Waals surface area contributed by atoms with Crippen molar-refractivity contribution in [2.24, 2.45) is 0 Å². The van der Waals surface area contributed by atoms with Gasteiger partial charge in [0.05, 0.1) is 11.0 Å². The monoisotopic (exact) mass is 267 g/mol. The number of H-pyrrole nitrogens is 2. The number of nitrogen functional groups attached to an aromatic ring is 1. The molecule has 100 valence electrons. The lowest BCUT2D eigenvalue weighted by Gasteiger charge is -2.05. The van der Waals surface area contributed by atoms with Crippen molar-refractivity contribution in [2.45, 2.75) is 6.92 Å². The lowest BCUT2D eigenvalue weighted by atomic mass is 10.0. The molecule has 5 heteroatoms. The quantitative estimate of drug-likeness (QED) is 0.489. The van der Waals surface area contributed by atoms with Crippen LogP contribution in [0.15, 0.2) is 41.2 Å². The summed E-state index contributed by atoms with van der Waals surface area (Å²) in [7, 11) is 0. The molecule has 3 aromatic rings. The Bertz CT molecular complexity index is 874. The number of rotatable bonds is 2. The Balaban J connectivity index is 2.07. The third-order valence-corrected chi connectivity index (χ3v) is 3.31. The Hall–Kier alpha value is -2.82. The molecule has 3 rings (SSSR count). The number of nitrogens with one attached hydrogen (secondary N) is 2. The molecule has 0 unspecified atom stereocenters. The number of aromatic nitrogens is 2. The maximum Gasteiger partial charge on any atom is 0.323 e. The van der Waals surface area contributed by atoms with Crippen LogP contribution < -0.4 is 11.4 Å². The van der Waals surface area contributed by atoms with Gasteiger partial charge in [0.25, 0.3) is 0 Å². The number of carbonyl (C=O) groups is 1. The molecule has 0 saturated heterocycles. The minimum Gasteiger partial charge on any atom is -0.399 e. The Morgan fingerprint density at radius 2 is 1.65 bits per heavy atom. The molecular weight excluding hydrogens is 254 g/mol. The number of hydrogen-bond donors (Lipinski definition) is 3. The number of nitrogens with two attached hydrogens (primary N) is 1. The van der Waals surface area contributed by atoms with Crippen LogP contribution in [0.1, 0.15) is 21.5 Å². The van der Waals surface area contributed by atoms with E-state index in [-0.39, 0.29) is 11.5 Å². The lowest BCUT2D eigenvalue weighted by Crippen LogP contribution is -2.02. The van der Waals surface area contributed by atoms with Crippen LogP contribution in [0.3, 0.4) is 0 Å². The number of hydrogen-bond acceptors (Lipinski definition) is 3. The summed E-state index contributed by atoms with van der Waals surface area (Å²) in [6.07, 6.45) is 0. The van der Waals surface area contributed by atoms with Gasteiger partial charge in [-0.15, -0.1) is 0 Å². The number of aryl methyl sites for hydroxylation is 1. The maximum absolute atomic E-state index is 12.4. The van der Waals surface area contributed by atoms with E-state index in [0.29, 0.717) is 27.8 Å². The molecular formula is C15H13N3O2. The first kappa shape index (κ1) is 12.2. The molecule has 1 aromatic heterocycles. The summed E-state index contributed by atoms with van der Waals surface area (Å²) in [6, 6.07) is 10.3. The molecule has 0 amide bonds. The van der Waals surface area contributed by atoms with Gasteiger partial charge in [-0.05, 0) is 48.9 Å². The second kappa shape index (κ2) is 4.38. The number of aromatic amines is 2. The summed E-state index contributed by atoms with van der Waals surface area (Å²) in [4.78, 5) is 28.9. The summed E-state index contributed by atoms with van der Waals surface area (Å²) >= 11 is 0. The van der Waals surface area contributed by atoms with Crippen LogP contribution >= 0.6 is 0 Å². The first-order valence-electron chi connectivity index (χ1n) is 6.17. The molecule has 0 aliphatic rings. The molecule has 0 spiro atoms. The van der Waals surface area contributed by atoms with Crippen molar-refractivity contribution in [1.29, 1.82) is 0 Å². The number of anilines is 1. The highest BCUT2D eigenvalue weighted by Gasteiger charge is 2.11. The average Bonchev–Trinajstić information content (AvgIpc) is 2.80. The fourth-order valence-corrected chi connectivity index (χ4v) is 2.16. The molecule has 2 aromatic carbocycles.